The van der Waals surface area contributed by atoms with Crippen LogP contribution in [0.4, 0.5) is 5.69 Å². The molecule has 0 aliphatic carbocycles. The molecule has 0 spiro atoms. The molecule has 0 saturated heterocycles. The molecule has 0 atom stereocenters. The number of carboxylic acid groups (broad SMARTS) is 1. The molecular weight excluding hydrogens is 242 g/mol. The van der Waals surface area contributed by atoms with Crippen LogP contribution in [0.5, 0.6) is 0 Å². The Morgan fingerprint density at radius 3 is 2.65 bits per heavy atom. The Morgan fingerprint density at radius 2 is 2.12 bits per heavy atom. The fourth-order valence-electron chi connectivity index (χ4n) is 1.47. The molecule has 0 bridgehead atoms. The third-order valence-electron chi connectivity index (χ3n) is 2.23. The number of hydrogen-bond donors (Lipinski definition) is 1. The summed E-state index contributed by atoms with van der Waals surface area (Å²) in [6, 6.07) is 7.24. The molecule has 0 radical (unpaired) electrons. The lowest BCUT2D eigenvalue weighted by atomic mass is 10.1. The van der Waals surface area contributed by atoms with Crippen LogP contribution in [0.3, 0.4) is 0 Å². The Bertz CT molecular complexity index is 577. The van der Waals surface area contributed by atoms with Crippen LogP contribution in [0.25, 0.3) is 10.4 Å². The Labute approximate surface area is 100 Å². The first kappa shape index (κ1) is 11.3. The fraction of sp³-hybridized carbons (Fsp3) is 0. The molecule has 0 fully saturated rings. The van der Waals surface area contributed by atoms with Crippen molar-refractivity contribution in [3.63, 3.8) is 0 Å². The number of thiophene rings is 1. The molecule has 2 aromatic rings. The fourth-order valence-corrected chi connectivity index (χ4v) is 2.22. The van der Waals surface area contributed by atoms with Crippen molar-refractivity contribution in [2.45, 2.75) is 0 Å². The minimum Gasteiger partial charge on any atom is -0.478 e. The maximum Gasteiger partial charge on any atom is 0.336 e. The summed E-state index contributed by atoms with van der Waals surface area (Å²) in [5.74, 6) is -1.09. The topological polar surface area (TPSA) is 80.4 Å². The second-order valence-electron chi connectivity index (χ2n) is 3.27. The molecule has 17 heavy (non-hydrogen) atoms. The molecule has 0 unspecified atom stereocenters. The Kier molecular flexibility index (Phi) is 2.88. The van der Waals surface area contributed by atoms with Gasteiger partial charge in [0.05, 0.1) is 10.5 Å². The van der Waals surface area contributed by atoms with Gasteiger partial charge >= 0.3 is 5.97 Å². The van der Waals surface area contributed by atoms with Gasteiger partial charge in [0, 0.05) is 22.6 Å². The molecule has 2 rings (SSSR count). The zero-order chi connectivity index (χ0) is 12.4. The molecule has 0 aliphatic heterocycles. The van der Waals surface area contributed by atoms with Crippen LogP contribution >= 0.6 is 11.3 Å². The van der Waals surface area contributed by atoms with Crippen molar-refractivity contribution in [1.29, 1.82) is 0 Å². The first-order chi connectivity index (χ1) is 8.09. The Morgan fingerprint density at radius 1 is 1.35 bits per heavy atom. The average Bonchev–Trinajstić information content (AvgIpc) is 2.81. The molecule has 86 valence electrons. The number of rotatable bonds is 3. The Balaban J connectivity index is 2.64. The SMILES string of the molecule is O=C(O)c1ccc([N+](=O)[O-])cc1-c1cccs1. The van der Waals surface area contributed by atoms with E-state index >= 15 is 0 Å². The second-order valence-corrected chi connectivity index (χ2v) is 4.22. The monoisotopic (exact) mass is 249 g/mol. The smallest absolute Gasteiger partial charge is 0.336 e. The minimum atomic E-state index is -1.09. The number of carboxylic acids is 1. The minimum absolute atomic E-state index is 0.0676. The van der Waals surface area contributed by atoms with Crippen molar-refractivity contribution in [3.05, 3.63) is 51.4 Å². The number of hydrogen-bond acceptors (Lipinski definition) is 4. The second kappa shape index (κ2) is 4.34. The van der Waals surface area contributed by atoms with Crippen molar-refractivity contribution in [3.8, 4) is 10.4 Å². The van der Waals surface area contributed by atoms with Crippen LogP contribution in [0.2, 0.25) is 0 Å². The third-order valence-corrected chi connectivity index (χ3v) is 3.13. The summed E-state index contributed by atoms with van der Waals surface area (Å²) in [5.41, 5.74) is 0.332. The predicted molar refractivity (Wildman–Crippen MR) is 63.4 cm³/mol. The summed E-state index contributed by atoms with van der Waals surface area (Å²) >= 11 is 1.34. The third kappa shape index (κ3) is 2.16. The van der Waals surface area contributed by atoms with E-state index in [9.17, 15) is 14.9 Å². The maximum absolute atomic E-state index is 11.0. The summed E-state index contributed by atoms with van der Waals surface area (Å²) in [5, 5.41) is 21.5. The highest BCUT2D eigenvalue weighted by atomic mass is 32.1. The van der Waals surface area contributed by atoms with Gasteiger partial charge in [0.1, 0.15) is 0 Å². The predicted octanol–water partition coefficient (Wildman–Crippen LogP) is 3.02. The molecule has 1 heterocycles. The summed E-state index contributed by atoms with van der Waals surface area (Å²) in [7, 11) is 0. The molecule has 0 saturated carbocycles. The zero-order valence-electron chi connectivity index (χ0n) is 8.49. The van der Waals surface area contributed by atoms with Gasteiger partial charge in [-0.25, -0.2) is 4.79 Å². The quantitative estimate of drug-likeness (QED) is 0.669. The maximum atomic E-state index is 11.0. The van der Waals surface area contributed by atoms with E-state index in [1.54, 1.807) is 17.5 Å². The van der Waals surface area contributed by atoms with Gasteiger partial charge in [-0.3, -0.25) is 10.1 Å². The molecule has 0 aliphatic rings. The number of nitrogens with zero attached hydrogens (tertiary/aromatic N) is 1. The van der Waals surface area contributed by atoms with Gasteiger partial charge in [0.25, 0.3) is 5.69 Å². The summed E-state index contributed by atoms with van der Waals surface area (Å²) < 4.78 is 0. The largest absolute Gasteiger partial charge is 0.478 e. The number of non-ortho nitro benzene ring substituents is 1. The first-order valence-electron chi connectivity index (χ1n) is 4.65. The number of carbonyl (C=O) groups is 1. The molecule has 1 aromatic carbocycles. The highest BCUT2D eigenvalue weighted by Crippen LogP contribution is 2.31. The lowest BCUT2D eigenvalue weighted by Gasteiger charge is -2.03. The van der Waals surface area contributed by atoms with Crippen LogP contribution in [0, 0.1) is 10.1 Å². The lowest BCUT2D eigenvalue weighted by molar-refractivity contribution is -0.384. The summed E-state index contributed by atoms with van der Waals surface area (Å²) in [4.78, 5) is 21.9. The molecule has 5 nitrogen and oxygen atoms in total. The van der Waals surface area contributed by atoms with Crippen LogP contribution in [0.1, 0.15) is 10.4 Å². The summed E-state index contributed by atoms with van der Waals surface area (Å²) in [6.45, 7) is 0. The van der Waals surface area contributed by atoms with E-state index in [0.29, 0.717) is 10.4 Å². The van der Waals surface area contributed by atoms with Gasteiger partial charge in [-0.2, -0.15) is 0 Å². The van der Waals surface area contributed by atoms with Gasteiger partial charge in [0.2, 0.25) is 0 Å². The molecule has 6 heteroatoms. The van der Waals surface area contributed by atoms with E-state index in [4.69, 9.17) is 5.11 Å². The van der Waals surface area contributed by atoms with E-state index in [2.05, 4.69) is 0 Å². The number of aromatic carboxylic acids is 1. The number of nitro benzene ring substituents is 1. The molecule has 0 amide bonds. The van der Waals surface area contributed by atoms with Gasteiger partial charge in [0.15, 0.2) is 0 Å². The average molecular weight is 249 g/mol. The Hall–Kier alpha value is -2.21. The van der Waals surface area contributed by atoms with Crippen LogP contribution in [-0.4, -0.2) is 16.0 Å². The van der Waals surface area contributed by atoms with E-state index in [1.165, 1.54) is 29.5 Å². The summed E-state index contributed by atoms with van der Waals surface area (Å²) in [6.07, 6.45) is 0. The van der Waals surface area contributed by atoms with Crippen LogP contribution in [-0.2, 0) is 0 Å². The van der Waals surface area contributed by atoms with Crippen molar-refractivity contribution >= 4 is 23.0 Å². The van der Waals surface area contributed by atoms with Gasteiger partial charge in [-0.15, -0.1) is 11.3 Å². The van der Waals surface area contributed by atoms with Crippen LogP contribution in [0.15, 0.2) is 35.7 Å². The van der Waals surface area contributed by atoms with Gasteiger partial charge in [-0.05, 0) is 17.5 Å². The van der Waals surface area contributed by atoms with E-state index in [0.717, 1.165) is 0 Å². The standard InChI is InChI=1S/C11H7NO4S/c13-11(14)8-4-3-7(12(15)16)6-9(8)10-2-1-5-17-10/h1-6H,(H,13,14). The van der Waals surface area contributed by atoms with Crippen molar-refractivity contribution in [2.24, 2.45) is 0 Å². The number of benzene rings is 1. The van der Waals surface area contributed by atoms with Crippen molar-refractivity contribution in [2.75, 3.05) is 0 Å². The van der Waals surface area contributed by atoms with Crippen molar-refractivity contribution < 1.29 is 14.8 Å². The van der Waals surface area contributed by atoms with E-state index in [1.807, 2.05) is 0 Å². The zero-order valence-corrected chi connectivity index (χ0v) is 9.31. The normalized spacial score (nSPS) is 10.1. The lowest BCUT2D eigenvalue weighted by Crippen LogP contribution is -2.00. The number of nitro groups is 1. The van der Waals surface area contributed by atoms with E-state index < -0.39 is 10.9 Å². The molecule has 1 aromatic heterocycles. The molecular formula is C11H7NO4S. The van der Waals surface area contributed by atoms with E-state index in [-0.39, 0.29) is 11.3 Å². The van der Waals surface area contributed by atoms with Gasteiger partial charge < -0.3 is 5.11 Å². The highest BCUT2D eigenvalue weighted by Gasteiger charge is 2.16. The molecule has 1 N–H and O–H groups in total. The van der Waals surface area contributed by atoms with Crippen molar-refractivity contribution in [1.82, 2.24) is 0 Å². The first-order valence-corrected chi connectivity index (χ1v) is 5.53. The van der Waals surface area contributed by atoms with Gasteiger partial charge in [-0.1, -0.05) is 6.07 Å². The highest BCUT2D eigenvalue weighted by molar-refractivity contribution is 7.13. The van der Waals surface area contributed by atoms with Crippen LogP contribution < -0.4 is 0 Å².